The van der Waals surface area contributed by atoms with E-state index in [1.165, 1.54) is 29.2 Å². The van der Waals surface area contributed by atoms with Crippen LogP contribution in [0, 0.1) is 0 Å². The Balaban J connectivity index is 1.99. The van der Waals surface area contributed by atoms with Crippen molar-refractivity contribution in [2.45, 2.75) is 12.3 Å². The Kier molecular flexibility index (Phi) is 5.05. The minimum absolute atomic E-state index is 0.0640. The molecule has 124 valence electrons. The van der Waals surface area contributed by atoms with E-state index in [-0.39, 0.29) is 19.7 Å². The molecule has 1 aromatic rings. The van der Waals surface area contributed by atoms with Crippen LogP contribution >= 0.6 is 0 Å². The predicted molar refractivity (Wildman–Crippen MR) is 74.4 cm³/mol. The zero-order chi connectivity index (χ0) is 17.0. The zero-order valence-electron chi connectivity index (χ0n) is 11.9. The van der Waals surface area contributed by atoms with Crippen LogP contribution in [0.15, 0.2) is 30.3 Å². The molecule has 0 aromatic heterocycles. The topological polar surface area (TPSA) is 66.8 Å². The maximum Gasteiger partial charge on any atom is 0.416 e. The van der Waals surface area contributed by atoms with Gasteiger partial charge in [0.05, 0.1) is 18.7 Å². The monoisotopic (exact) mass is 329 g/mol. The SMILES string of the molecule is O=C(O)C1CN(C(=O)C=Cc2ccc(C(F)(F)F)cc2)CCO1. The second-order valence-corrected chi connectivity index (χ2v) is 4.94. The van der Waals surface area contributed by atoms with Crippen molar-refractivity contribution in [2.24, 2.45) is 0 Å². The first-order chi connectivity index (χ1) is 10.8. The molecule has 1 amide bonds. The molecule has 1 N–H and O–H groups in total. The largest absolute Gasteiger partial charge is 0.479 e. The van der Waals surface area contributed by atoms with Gasteiger partial charge >= 0.3 is 12.1 Å². The Bertz CT molecular complexity index is 610. The van der Waals surface area contributed by atoms with Crippen LogP contribution in [0.5, 0.6) is 0 Å². The average Bonchev–Trinajstić information content (AvgIpc) is 2.52. The average molecular weight is 329 g/mol. The fourth-order valence-electron chi connectivity index (χ4n) is 2.05. The molecular weight excluding hydrogens is 315 g/mol. The number of morpholine rings is 1. The Morgan fingerprint density at radius 3 is 2.48 bits per heavy atom. The number of ether oxygens (including phenoxy) is 1. The van der Waals surface area contributed by atoms with Gasteiger partial charge in [-0.25, -0.2) is 4.79 Å². The summed E-state index contributed by atoms with van der Waals surface area (Å²) in [5.41, 5.74) is -0.326. The Morgan fingerprint density at radius 2 is 1.91 bits per heavy atom. The number of alkyl halides is 3. The van der Waals surface area contributed by atoms with E-state index >= 15 is 0 Å². The van der Waals surface area contributed by atoms with Gasteiger partial charge in [0, 0.05) is 12.6 Å². The predicted octanol–water partition coefficient (Wildman–Crippen LogP) is 2.03. The second-order valence-electron chi connectivity index (χ2n) is 4.94. The fourth-order valence-corrected chi connectivity index (χ4v) is 2.05. The highest BCUT2D eigenvalue weighted by Gasteiger charge is 2.30. The van der Waals surface area contributed by atoms with E-state index < -0.39 is 29.7 Å². The lowest BCUT2D eigenvalue weighted by molar-refractivity contribution is -0.158. The van der Waals surface area contributed by atoms with Crippen molar-refractivity contribution >= 4 is 18.0 Å². The molecule has 23 heavy (non-hydrogen) atoms. The minimum Gasteiger partial charge on any atom is -0.479 e. The first kappa shape index (κ1) is 17.0. The normalized spacial score (nSPS) is 19.1. The van der Waals surface area contributed by atoms with Gasteiger partial charge in [-0.2, -0.15) is 13.2 Å². The number of carbonyl (C=O) groups excluding carboxylic acids is 1. The number of carboxylic acids is 1. The Labute approximate surface area is 130 Å². The van der Waals surface area contributed by atoms with Crippen molar-refractivity contribution in [2.75, 3.05) is 19.7 Å². The van der Waals surface area contributed by atoms with Gasteiger partial charge in [0.2, 0.25) is 5.91 Å². The highest BCUT2D eigenvalue weighted by atomic mass is 19.4. The quantitative estimate of drug-likeness (QED) is 0.862. The summed E-state index contributed by atoms with van der Waals surface area (Å²) >= 11 is 0. The van der Waals surface area contributed by atoms with Crippen LogP contribution in [0.2, 0.25) is 0 Å². The van der Waals surface area contributed by atoms with E-state index in [0.717, 1.165) is 12.1 Å². The summed E-state index contributed by atoms with van der Waals surface area (Å²) in [6.45, 7) is 0.322. The number of nitrogens with zero attached hydrogens (tertiary/aromatic N) is 1. The molecule has 1 heterocycles. The van der Waals surface area contributed by atoms with Crippen LogP contribution in [0.25, 0.3) is 6.08 Å². The number of halogens is 3. The second kappa shape index (κ2) is 6.82. The molecule has 1 saturated heterocycles. The summed E-state index contributed by atoms with van der Waals surface area (Å²) in [6.07, 6.45) is -2.88. The van der Waals surface area contributed by atoms with E-state index in [0.29, 0.717) is 5.56 Å². The van der Waals surface area contributed by atoms with Crippen molar-refractivity contribution in [3.05, 3.63) is 41.5 Å². The highest BCUT2D eigenvalue weighted by molar-refractivity contribution is 5.92. The van der Waals surface area contributed by atoms with Crippen molar-refractivity contribution < 1.29 is 32.6 Å². The van der Waals surface area contributed by atoms with Crippen molar-refractivity contribution in [3.8, 4) is 0 Å². The smallest absolute Gasteiger partial charge is 0.416 e. The summed E-state index contributed by atoms with van der Waals surface area (Å²) in [4.78, 5) is 24.1. The molecule has 1 aromatic carbocycles. The van der Waals surface area contributed by atoms with Crippen LogP contribution in [-0.2, 0) is 20.5 Å². The van der Waals surface area contributed by atoms with Gasteiger partial charge in [-0.05, 0) is 23.8 Å². The van der Waals surface area contributed by atoms with Gasteiger partial charge in [0.25, 0.3) is 0 Å². The summed E-state index contributed by atoms with van der Waals surface area (Å²) in [5.74, 6) is -1.56. The van der Waals surface area contributed by atoms with E-state index in [2.05, 4.69) is 0 Å². The molecule has 8 heteroatoms. The molecule has 0 aliphatic carbocycles. The number of rotatable bonds is 3. The van der Waals surface area contributed by atoms with Crippen molar-refractivity contribution in [1.82, 2.24) is 4.90 Å². The lowest BCUT2D eigenvalue weighted by atomic mass is 10.1. The zero-order valence-corrected chi connectivity index (χ0v) is 11.9. The van der Waals surface area contributed by atoms with Gasteiger partial charge in [-0.1, -0.05) is 12.1 Å². The van der Waals surface area contributed by atoms with Gasteiger partial charge in [0.1, 0.15) is 0 Å². The van der Waals surface area contributed by atoms with E-state index in [4.69, 9.17) is 9.84 Å². The van der Waals surface area contributed by atoms with Crippen LogP contribution in [-0.4, -0.2) is 47.7 Å². The fraction of sp³-hybridized carbons (Fsp3) is 0.333. The molecule has 1 aliphatic rings. The number of carboxylic acid groups (broad SMARTS) is 1. The van der Waals surface area contributed by atoms with Crippen molar-refractivity contribution in [1.29, 1.82) is 0 Å². The number of hydrogen-bond donors (Lipinski definition) is 1. The highest BCUT2D eigenvalue weighted by Crippen LogP contribution is 2.29. The molecule has 0 saturated carbocycles. The van der Waals surface area contributed by atoms with Gasteiger partial charge in [-0.15, -0.1) is 0 Å². The summed E-state index contributed by atoms with van der Waals surface area (Å²) < 4.78 is 42.3. The van der Waals surface area contributed by atoms with Gasteiger partial charge in [0.15, 0.2) is 6.10 Å². The number of benzene rings is 1. The number of hydrogen-bond acceptors (Lipinski definition) is 3. The lowest BCUT2D eigenvalue weighted by Gasteiger charge is -2.30. The van der Waals surface area contributed by atoms with E-state index in [9.17, 15) is 22.8 Å². The summed E-state index contributed by atoms with van der Waals surface area (Å²) in [7, 11) is 0. The minimum atomic E-state index is -4.41. The number of carbonyl (C=O) groups is 2. The molecule has 0 bridgehead atoms. The van der Waals surface area contributed by atoms with E-state index in [1.807, 2.05) is 0 Å². The van der Waals surface area contributed by atoms with Crippen LogP contribution in [0.1, 0.15) is 11.1 Å². The molecule has 2 rings (SSSR count). The lowest BCUT2D eigenvalue weighted by Crippen LogP contribution is -2.48. The standard InChI is InChI=1S/C15H14F3NO4/c16-15(17,18)11-4-1-10(2-5-11)3-6-13(20)19-7-8-23-12(9-19)14(21)22/h1-6,12H,7-9H2,(H,21,22). The van der Waals surface area contributed by atoms with Crippen LogP contribution in [0.3, 0.4) is 0 Å². The van der Waals surface area contributed by atoms with Crippen molar-refractivity contribution in [3.63, 3.8) is 0 Å². The number of amides is 1. The first-order valence-electron chi connectivity index (χ1n) is 6.76. The van der Waals surface area contributed by atoms with E-state index in [1.54, 1.807) is 0 Å². The summed E-state index contributed by atoms with van der Waals surface area (Å²) in [5, 5.41) is 8.86. The molecule has 0 radical (unpaired) electrons. The Hall–Kier alpha value is -2.35. The first-order valence-corrected chi connectivity index (χ1v) is 6.76. The molecule has 1 fully saturated rings. The number of aliphatic carboxylic acids is 1. The van der Waals surface area contributed by atoms with Gasteiger partial charge < -0.3 is 14.7 Å². The maximum atomic E-state index is 12.4. The maximum absolute atomic E-state index is 12.4. The Morgan fingerprint density at radius 1 is 1.26 bits per heavy atom. The molecule has 1 unspecified atom stereocenters. The third kappa shape index (κ3) is 4.56. The van der Waals surface area contributed by atoms with Crippen LogP contribution in [0.4, 0.5) is 13.2 Å². The molecule has 1 atom stereocenters. The summed E-state index contributed by atoms with van der Waals surface area (Å²) in [6, 6.07) is 4.37. The molecule has 1 aliphatic heterocycles. The molecule has 5 nitrogen and oxygen atoms in total. The molecular formula is C15H14F3NO4. The third-order valence-corrected chi connectivity index (χ3v) is 3.31. The van der Waals surface area contributed by atoms with Gasteiger partial charge in [-0.3, -0.25) is 4.79 Å². The molecule has 0 spiro atoms. The van der Waals surface area contributed by atoms with Crippen LogP contribution < -0.4 is 0 Å². The third-order valence-electron chi connectivity index (χ3n) is 3.31.